The van der Waals surface area contributed by atoms with Crippen LogP contribution in [0.2, 0.25) is 0 Å². The topological polar surface area (TPSA) is 114 Å². The van der Waals surface area contributed by atoms with Crippen molar-refractivity contribution in [1.82, 2.24) is 14.7 Å². The predicted octanol–water partition coefficient (Wildman–Crippen LogP) is 3.84. The second-order valence-corrected chi connectivity index (χ2v) is 11.2. The molecule has 1 aliphatic heterocycles. The van der Waals surface area contributed by atoms with Crippen molar-refractivity contribution in [3.63, 3.8) is 0 Å². The second-order valence-electron chi connectivity index (χ2n) is 9.60. The van der Waals surface area contributed by atoms with E-state index in [0.717, 1.165) is 24.3 Å². The number of ether oxygens (including phenoxy) is 1. The van der Waals surface area contributed by atoms with Crippen LogP contribution in [0.25, 0.3) is 0 Å². The van der Waals surface area contributed by atoms with Crippen LogP contribution in [0.4, 0.5) is 11.6 Å². The largest absolute Gasteiger partial charge is 0.497 e. The smallest absolute Gasteiger partial charge is 0.281 e. The van der Waals surface area contributed by atoms with Gasteiger partial charge in [0, 0.05) is 24.8 Å². The summed E-state index contributed by atoms with van der Waals surface area (Å²) >= 11 is 0. The average Bonchev–Trinajstić information content (AvgIpc) is 3.14. The fourth-order valence-corrected chi connectivity index (χ4v) is 5.51. The third kappa shape index (κ3) is 5.59. The van der Waals surface area contributed by atoms with E-state index in [9.17, 15) is 13.2 Å². The summed E-state index contributed by atoms with van der Waals surface area (Å²) in [5, 5.41) is 2.86. The van der Waals surface area contributed by atoms with Crippen molar-refractivity contribution in [1.29, 1.82) is 0 Å². The van der Waals surface area contributed by atoms with Crippen molar-refractivity contribution in [3.8, 4) is 5.75 Å². The van der Waals surface area contributed by atoms with Gasteiger partial charge in [-0.1, -0.05) is 25.1 Å². The highest BCUT2D eigenvalue weighted by atomic mass is 32.2. The molecule has 1 aliphatic rings. The van der Waals surface area contributed by atoms with Crippen LogP contribution in [0.5, 0.6) is 5.75 Å². The number of benzene rings is 1. The highest BCUT2D eigenvalue weighted by Crippen LogP contribution is 2.37. The van der Waals surface area contributed by atoms with E-state index >= 15 is 0 Å². The number of methoxy groups -OCH3 is 1. The molecule has 0 saturated carbocycles. The van der Waals surface area contributed by atoms with Crippen LogP contribution < -0.4 is 19.7 Å². The fourth-order valence-electron chi connectivity index (χ4n) is 4.58. The summed E-state index contributed by atoms with van der Waals surface area (Å²) < 4.78 is 33.4. The van der Waals surface area contributed by atoms with E-state index in [-0.39, 0.29) is 16.1 Å². The maximum absolute atomic E-state index is 13.1. The summed E-state index contributed by atoms with van der Waals surface area (Å²) in [6.45, 7) is 7.52. The van der Waals surface area contributed by atoms with Gasteiger partial charge in [-0.2, -0.15) is 8.42 Å². The van der Waals surface area contributed by atoms with E-state index in [1.165, 1.54) is 6.07 Å². The minimum Gasteiger partial charge on any atom is -0.497 e. The molecule has 9 nitrogen and oxygen atoms in total. The Bertz CT molecular complexity index is 1340. The SMILES string of the molecule is COc1ccc(CNc2cccc(S(=O)(=O)NC(=O)c3cccnc3N3CC(C)CC3(C)C)n2)cc1. The summed E-state index contributed by atoms with van der Waals surface area (Å²) in [5.41, 5.74) is 0.979. The first-order chi connectivity index (χ1) is 17.1. The zero-order valence-corrected chi connectivity index (χ0v) is 21.7. The van der Waals surface area contributed by atoms with Crippen LogP contribution in [0.3, 0.4) is 0 Å². The van der Waals surface area contributed by atoms with Gasteiger partial charge in [0.15, 0.2) is 5.03 Å². The van der Waals surface area contributed by atoms with Crippen molar-refractivity contribution in [2.45, 2.75) is 44.3 Å². The second kappa shape index (κ2) is 10.1. The minimum absolute atomic E-state index is 0.201. The summed E-state index contributed by atoms with van der Waals surface area (Å²) in [7, 11) is -2.61. The molecule has 1 aromatic carbocycles. The van der Waals surface area contributed by atoms with Crippen LogP contribution in [-0.4, -0.2) is 43.5 Å². The first kappa shape index (κ1) is 25.4. The van der Waals surface area contributed by atoms with Gasteiger partial charge in [0.25, 0.3) is 15.9 Å². The number of carbonyl (C=O) groups is 1. The molecule has 1 fully saturated rings. The molecule has 4 rings (SSSR count). The lowest BCUT2D eigenvalue weighted by Gasteiger charge is -2.33. The molecule has 10 heteroatoms. The molecule has 36 heavy (non-hydrogen) atoms. The van der Waals surface area contributed by atoms with E-state index in [4.69, 9.17) is 4.74 Å². The lowest BCUT2D eigenvalue weighted by molar-refractivity contribution is 0.0981. The highest BCUT2D eigenvalue weighted by Gasteiger charge is 2.39. The van der Waals surface area contributed by atoms with Gasteiger partial charge in [-0.05, 0) is 68.1 Å². The van der Waals surface area contributed by atoms with Gasteiger partial charge in [0.2, 0.25) is 0 Å². The standard InChI is InChI=1S/C26H31N5O4S/c1-18-15-26(2,3)31(17-18)24-21(7-6-14-27-24)25(32)30-36(33,34)23-9-5-8-22(29-23)28-16-19-10-12-20(35-4)13-11-19/h5-14,18H,15-17H2,1-4H3,(H,28,29)(H,30,32). The number of carbonyl (C=O) groups excluding carboxylic acids is 1. The summed E-state index contributed by atoms with van der Waals surface area (Å²) in [6, 6.07) is 15.3. The molecule has 0 bridgehead atoms. The Morgan fingerprint density at radius 2 is 1.89 bits per heavy atom. The molecule has 1 saturated heterocycles. The quantitative estimate of drug-likeness (QED) is 0.471. The minimum atomic E-state index is -4.22. The molecule has 0 spiro atoms. The first-order valence-corrected chi connectivity index (χ1v) is 13.2. The molecular weight excluding hydrogens is 478 g/mol. The van der Waals surface area contributed by atoms with E-state index in [1.54, 1.807) is 37.6 Å². The number of nitrogens with one attached hydrogen (secondary N) is 2. The zero-order valence-electron chi connectivity index (χ0n) is 20.9. The number of hydrogen-bond donors (Lipinski definition) is 2. The van der Waals surface area contributed by atoms with Crippen LogP contribution in [0, 0.1) is 5.92 Å². The number of amides is 1. The molecule has 0 radical (unpaired) electrons. The van der Waals surface area contributed by atoms with Crippen molar-refractivity contribution < 1.29 is 17.9 Å². The highest BCUT2D eigenvalue weighted by molar-refractivity contribution is 7.90. The summed E-state index contributed by atoms with van der Waals surface area (Å²) in [5.74, 6) is 1.28. The fraction of sp³-hybridized carbons (Fsp3) is 0.346. The van der Waals surface area contributed by atoms with Crippen molar-refractivity contribution in [2.24, 2.45) is 5.92 Å². The third-order valence-corrected chi connectivity index (χ3v) is 7.45. The zero-order chi connectivity index (χ0) is 25.9. The van der Waals surface area contributed by atoms with E-state index < -0.39 is 15.9 Å². The molecule has 2 aromatic heterocycles. The Labute approximate surface area is 212 Å². The number of pyridine rings is 2. The van der Waals surface area contributed by atoms with Crippen LogP contribution >= 0.6 is 0 Å². The summed E-state index contributed by atoms with van der Waals surface area (Å²) in [4.78, 5) is 23.8. The van der Waals surface area contributed by atoms with E-state index in [2.05, 4.69) is 45.7 Å². The lowest BCUT2D eigenvalue weighted by Crippen LogP contribution is -2.41. The lowest BCUT2D eigenvalue weighted by atomic mass is 9.97. The Morgan fingerprint density at radius 1 is 1.14 bits per heavy atom. The number of sulfonamides is 1. The van der Waals surface area contributed by atoms with E-state index in [1.807, 2.05) is 24.3 Å². The molecule has 1 atom stereocenters. The number of rotatable bonds is 8. The first-order valence-electron chi connectivity index (χ1n) is 11.7. The molecular formula is C26H31N5O4S. The number of anilines is 2. The summed E-state index contributed by atoms with van der Waals surface area (Å²) in [6.07, 6.45) is 2.56. The molecule has 190 valence electrons. The average molecular weight is 510 g/mol. The Morgan fingerprint density at radius 3 is 2.56 bits per heavy atom. The van der Waals surface area contributed by atoms with Crippen molar-refractivity contribution in [2.75, 3.05) is 23.9 Å². The third-order valence-electron chi connectivity index (χ3n) is 6.22. The van der Waals surface area contributed by atoms with Gasteiger partial charge < -0.3 is 15.0 Å². The van der Waals surface area contributed by atoms with Crippen LogP contribution in [-0.2, 0) is 16.6 Å². The van der Waals surface area contributed by atoms with Gasteiger partial charge in [-0.15, -0.1) is 0 Å². The van der Waals surface area contributed by atoms with Gasteiger partial charge >= 0.3 is 0 Å². The van der Waals surface area contributed by atoms with Gasteiger partial charge in [0.05, 0.1) is 12.7 Å². The monoisotopic (exact) mass is 509 g/mol. The maximum atomic E-state index is 13.1. The Balaban J connectivity index is 1.50. The molecule has 3 aromatic rings. The number of aromatic nitrogens is 2. The normalized spacial score (nSPS) is 17.0. The predicted molar refractivity (Wildman–Crippen MR) is 139 cm³/mol. The van der Waals surface area contributed by atoms with Gasteiger partial charge in [-0.25, -0.2) is 14.7 Å². The van der Waals surface area contributed by atoms with E-state index in [0.29, 0.717) is 24.1 Å². The Kier molecular flexibility index (Phi) is 7.16. The Hall–Kier alpha value is -3.66. The molecule has 1 unspecified atom stereocenters. The molecule has 3 heterocycles. The van der Waals surface area contributed by atoms with Crippen molar-refractivity contribution >= 4 is 27.6 Å². The molecule has 2 N–H and O–H groups in total. The maximum Gasteiger partial charge on any atom is 0.281 e. The molecule has 1 amide bonds. The number of hydrogen-bond acceptors (Lipinski definition) is 8. The van der Waals surface area contributed by atoms with Crippen LogP contribution in [0.1, 0.15) is 43.1 Å². The molecule has 0 aliphatic carbocycles. The van der Waals surface area contributed by atoms with Crippen LogP contribution in [0.15, 0.2) is 65.8 Å². The van der Waals surface area contributed by atoms with Gasteiger partial charge in [-0.3, -0.25) is 4.79 Å². The number of nitrogens with zero attached hydrogens (tertiary/aromatic N) is 3. The van der Waals surface area contributed by atoms with Gasteiger partial charge in [0.1, 0.15) is 17.4 Å². The van der Waals surface area contributed by atoms with Crippen molar-refractivity contribution in [3.05, 3.63) is 71.9 Å².